The molecular weight excluding hydrogens is 248 g/mol. The van der Waals surface area contributed by atoms with Crippen LogP contribution in [0.1, 0.15) is 12.0 Å². The zero-order valence-corrected chi connectivity index (χ0v) is 9.35. The maximum absolute atomic E-state index is 13.2. The quantitative estimate of drug-likeness (QED) is 0.472. The van der Waals surface area contributed by atoms with Gasteiger partial charge in [-0.3, -0.25) is 14.9 Å². The summed E-state index contributed by atoms with van der Waals surface area (Å²) in [4.78, 5) is 20.0. The topological polar surface area (TPSA) is 69.4 Å². The number of esters is 1. The van der Waals surface area contributed by atoms with Crippen molar-refractivity contribution in [2.24, 2.45) is 0 Å². The van der Waals surface area contributed by atoms with E-state index in [1.807, 2.05) is 0 Å². The van der Waals surface area contributed by atoms with Crippen LogP contribution in [-0.4, -0.2) is 18.0 Å². The SMILES string of the molecule is COC(=O)CC=Cc1cc(F)c([N+](=O)[O-])c(F)c1. The van der Waals surface area contributed by atoms with Crippen LogP contribution in [0.3, 0.4) is 0 Å². The molecule has 0 N–H and O–H groups in total. The Morgan fingerprint density at radius 2 is 2.00 bits per heavy atom. The lowest BCUT2D eigenvalue weighted by Crippen LogP contribution is -1.98. The van der Waals surface area contributed by atoms with Crippen LogP contribution in [0, 0.1) is 21.7 Å². The van der Waals surface area contributed by atoms with E-state index < -0.39 is 28.2 Å². The molecular formula is C11H9F2NO4. The van der Waals surface area contributed by atoms with Crippen molar-refractivity contribution in [1.82, 2.24) is 0 Å². The first kappa shape index (κ1) is 13.8. The predicted molar refractivity (Wildman–Crippen MR) is 58.7 cm³/mol. The van der Waals surface area contributed by atoms with E-state index in [4.69, 9.17) is 0 Å². The molecule has 0 amide bonds. The van der Waals surface area contributed by atoms with Crippen molar-refractivity contribution in [2.75, 3.05) is 7.11 Å². The molecule has 5 nitrogen and oxygen atoms in total. The summed E-state index contributed by atoms with van der Waals surface area (Å²) in [5.41, 5.74) is -1.11. The normalized spacial score (nSPS) is 10.6. The summed E-state index contributed by atoms with van der Waals surface area (Å²) in [6.45, 7) is 0. The van der Waals surface area contributed by atoms with Crippen molar-refractivity contribution < 1.29 is 23.2 Å². The number of nitro benzene ring substituents is 1. The minimum atomic E-state index is -1.27. The fourth-order valence-corrected chi connectivity index (χ4v) is 1.23. The summed E-state index contributed by atoms with van der Waals surface area (Å²) >= 11 is 0. The Morgan fingerprint density at radius 1 is 1.44 bits per heavy atom. The van der Waals surface area contributed by atoms with Crippen LogP contribution in [0.4, 0.5) is 14.5 Å². The Bertz CT molecular complexity index is 491. The van der Waals surface area contributed by atoms with E-state index in [0.717, 1.165) is 12.1 Å². The van der Waals surface area contributed by atoms with E-state index in [1.54, 1.807) is 0 Å². The van der Waals surface area contributed by atoms with E-state index >= 15 is 0 Å². The molecule has 0 fully saturated rings. The molecule has 0 aliphatic rings. The first-order valence-electron chi connectivity index (χ1n) is 4.82. The lowest BCUT2D eigenvalue weighted by Gasteiger charge is -1.98. The number of benzene rings is 1. The second kappa shape index (κ2) is 5.85. The molecule has 0 unspecified atom stereocenters. The monoisotopic (exact) mass is 257 g/mol. The lowest BCUT2D eigenvalue weighted by molar-refractivity contribution is -0.390. The molecule has 0 radical (unpaired) electrons. The molecule has 0 saturated carbocycles. The molecule has 1 aromatic carbocycles. The van der Waals surface area contributed by atoms with Gasteiger partial charge in [-0.15, -0.1) is 0 Å². The van der Waals surface area contributed by atoms with Crippen LogP contribution >= 0.6 is 0 Å². The smallest absolute Gasteiger partial charge is 0.340 e. The number of carbonyl (C=O) groups is 1. The second-order valence-electron chi connectivity index (χ2n) is 3.27. The van der Waals surface area contributed by atoms with Crippen LogP contribution in [0.2, 0.25) is 0 Å². The third-order valence-electron chi connectivity index (χ3n) is 2.04. The highest BCUT2D eigenvalue weighted by atomic mass is 19.1. The number of carbonyl (C=O) groups excluding carboxylic acids is 1. The van der Waals surface area contributed by atoms with Gasteiger partial charge in [-0.2, -0.15) is 8.78 Å². The molecule has 0 aliphatic heterocycles. The van der Waals surface area contributed by atoms with Crippen molar-refractivity contribution in [2.45, 2.75) is 6.42 Å². The molecule has 1 rings (SSSR count). The second-order valence-corrected chi connectivity index (χ2v) is 3.27. The maximum atomic E-state index is 13.2. The number of hydrogen-bond acceptors (Lipinski definition) is 4. The Balaban J connectivity index is 2.93. The van der Waals surface area contributed by atoms with Crippen molar-refractivity contribution in [3.63, 3.8) is 0 Å². The zero-order valence-electron chi connectivity index (χ0n) is 9.35. The number of ether oxygens (including phenoxy) is 1. The molecule has 0 saturated heterocycles. The van der Waals surface area contributed by atoms with Crippen LogP contribution in [0.25, 0.3) is 6.08 Å². The Kier molecular flexibility index (Phi) is 4.47. The molecule has 0 aromatic heterocycles. The first-order chi connectivity index (χ1) is 8.45. The third-order valence-corrected chi connectivity index (χ3v) is 2.04. The van der Waals surface area contributed by atoms with Gasteiger partial charge in [0.05, 0.1) is 18.5 Å². The first-order valence-corrected chi connectivity index (χ1v) is 4.82. The third kappa shape index (κ3) is 3.34. The van der Waals surface area contributed by atoms with Crippen molar-refractivity contribution >= 4 is 17.7 Å². The average Bonchev–Trinajstić information content (AvgIpc) is 2.27. The Morgan fingerprint density at radius 3 is 2.44 bits per heavy atom. The minimum absolute atomic E-state index is 0.0588. The number of nitro groups is 1. The molecule has 1 aromatic rings. The van der Waals surface area contributed by atoms with Gasteiger partial charge >= 0.3 is 11.7 Å². The van der Waals surface area contributed by atoms with E-state index in [-0.39, 0.29) is 12.0 Å². The summed E-state index contributed by atoms with van der Waals surface area (Å²) in [5, 5.41) is 10.3. The zero-order chi connectivity index (χ0) is 13.7. The molecule has 0 bridgehead atoms. The van der Waals surface area contributed by atoms with Crippen LogP contribution < -0.4 is 0 Å². The Hall–Kier alpha value is -2.31. The summed E-state index contributed by atoms with van der Waals surface area (Å²) < 4.78 is 30.8. The standard InChI is InChI=1S/C11H9F2NO4/c1-18-10(15)4-2-3-7-5-8(12)11(14(16)17)9(13)6-7/h2-3,5-6H,4H2,1H3. The van der Waals surface area contributed by atoms with Gasteiger partial charge in [-0.25, -0.2) is 0 Å². The predicted octanol–water partition coefficient (Wildman–Crippen LogP) is 2.45. The number of nitrogens with zero attached hydrogens (tertiary/aromatic N) is 1. The van der Waals surface area contributed by atoms with Crippen molar-refractivity contribution in [3.05, 3.63) is 45.5 Å². The molecule has 18 heavy (non-hydrogen) atoms. The van der Waals surface area contributed by atoms with Crippen molar-refractivity contribution in [3.8, 4) is 0 Å². The maximum Gasteiger partial charge on any atom is 0.340 e. The minimum Gasteiger partial charge on any atom is -0.469 e. The van der Waals surface area contributed by atoms with Gasteiger partial charge in [-0.1, -0.05) is 12.2 Å². The van der Waals surface area contributed by atoms with Crippen LogP contribution in [0.15, 0.2) is 18.2 Å². The van der Waals surface area contributed by atoms with Gasteiger partial charge in [0.1, 0.15) is 0 Å². The molecule has 0 aliphatic carbocycles. The molecule has 0 spiro atoms. The summed E-state index contributed by atoms with van der Waals surface area (Å²) in [6.07, 6.45) is 2.55. The molecule has 7 heteroatoms. The number of hydrogen-bond donors (Lipinski definition) is 0. The largest absolute Gasteiger partial charge is 0.469 e. The average molecular weight is 257 g/mol. The fourth-order valence-electron chi connectivity index (χ4n) is 1.23. The van der Waals surface area contributed by atoms with Crippen molar-refractivity contribution in [1.29, 1.82) is 0 Å². The summed E-state index contributed by atoms with van der Waals surface area (Å²) in [7, 11) is 1.21. The molecule has 96 valence electrons. The van der Waals surface area contributed by atoms with Gasteiger partial charge in [0.15, 0.2) is 0 Å². The van der Waals surface area contributed by atoms with E-state index in [0.29, 0.717) is 0 Å². The van der Waals surface area contributed by atoms with Crippen LogP contribution in [0.5, 0.6) is 0 Å². The molecule has 0 heterocycles. The van der Waals surface area contributed by atoms with Gasteiger partial charge in [0.25, 0.3) is 0 Å². The van der Waals surface area contributed by atoms with E-state index in [2.05, 4.69) is 4.74 Å². The fraction of sp³-hybridized carbons (Fsp3) is 0.182. The van der Waals surface area contributed by atoms with E-state index in [1.165, 1.54) is 19.3 Å². The summed E-state index contributed by atoms with van der Waals surface area (Å²) in [6, 6.07) is 1.63. The lowest BCUT2D eigenvalue weighted by atomic mass is 10.1. The Labute approximate surface area is 101 Å². The molecule has 0 atom stereocenters. The number of rotatable bonds is 4. The van der Waals surface area contributed by atoms with Gasteiger partial charge in [-0.05, 0) is 17.7 Å². The van der Waals surface area contributed by atoms with Gasteiger partial charge < -0.3 is 4.74 Å². The number of methoxy groups -OCH3 is 1. The van der Waals surface area contributed by atoms with Gasteiger partial charge in [0.2, 0.25) is 11.6 Å². The van der Waals surface area contributed by atoms with E-state index in [9.17, 15) is 23.7 Å². The number of halogens is 2. The van der Waals surface area contributed by atoms with Gasteiger partial charge in [0, 0.05) is 0 Å². The highest BCUT2D eigenvalue weighted by molar-refractivity contribution is 5.72. The highest BCUT2D eigenvalue weighted by Gasteiger charge is 2.21. The van der Waals surface area contributed by atoms with Crippen LogP contribution in [-0.2, 0) is 9.53 Å². The highest BCUT2D eigenvalue weighted by Crippen LogP contribution is 2.23. The summed E-state index contributed by atoms with van der Waals surface area (Å²) in [5.74, 6) is -3.04.